The summed E-state index contributed by atoms with van der Waals surface area (Å²) in [6.07, 6.45) is 2.54. The Morgan fingerprint density at radius 1 is 1.37 bits per heavy atom. The van der Waals surface area contributed by atoms with E-state index in [0.717, 1.165) is 12.0 Å². The van der Waals surface area contributed by atoms with Crippen molar-refractivity contribution in [3.05, 3.63) is 35.4 Å². The summed E-state index contributed by atoms with van der Waals surface area (Å²) in [6.45, 7) is 4.62. The zero-order valence-corrected chi connectivity index (χ0v) is 11.8. The van der Waals surface area contributed by atoms with Crippen molar-refractivity contribution in [1.29, 1.82) is 0 Å². The van der Waals surface area contributed by atoms with Crippen molar-refractivity contribution >= 4 is 5.78 Å². The van der Waals surface area contributed by atoms with E-state index in [4.69, 9.17) is 10.5 Å². The zero-order chi connectivity index (χ0) is 13.9. The molecule has 3 heteroatoms. The van der Waals surface area contributed by atoms with E-state index in [9.17, 15) is 4.79 Å². The third-order valence-electron chi connectivity index (χ3n) is 4.28. The molecule has 0 saturated heterocycles. The minimum Gasteiger partial charge on any atom is -0.373 e. The number of benzene rings is 1. The second-order valence-corrected chi connectivity index (χ2v) is 5.30. The Kier molecular flexibility index (Phi) is 4.38. The van der Waals surface area contributed by atoms with Gasteiger partial charge in [0.25, 0.3) is 0 Å². The van der Waals surface area contributed by atoms with Crippen LogP contribution >= 0.6 is 0 Å². The van der Waals surface area contributed by atoms with Gasteiger partial charge in [0.1, 0.15) is 0 Å². The molecule has 1 heterocycles. The molecule has 1 aliphatic heterocycles. The van der Waals surface area contributed by atoms with Crippen molar-refractivity contribution in [3.8, 4) is 0 Å². The maximum Gasteiger partial charge on any atom is 0.155 e. The molecule has 1 aliphatic rings. The Bertz CT molecular complexity index is 452. The fourth-order valence-electron chi connectivity index (χ4n) is 2.66. The van der Waals surface area contributed by atoms with Crippen molar-refractivity contribution in [2.24, 2.45) is 5.73 Å². The summed E-state index contributed by atoms with van der Waals surface area (Å²) in [5.41, 5.74) is 7.92. The summed E-state index contributed by atoms with van der Waals surface area (Å²) in [7, 11) is 0. The highest BCUT2D eigenvalue weighted by Crippen LogP contribution is 2.31. The van der Waals surface area contributed by atoms with Gasteiger partial charge >= 0.3 is 0 Å². The lowest BCUT2D eigenvalue weighted by Crippen LogP contribution is -2.47. The van der Waals surface area contributed by atoms with Crippen LogP contribution in [0.1, 0.15) is 50.3 Å². The molecule has 1 aromatic carbocycles. The second kappa shape index (κ2) is 5.85. The van der Waals surface area contributed by atoms with Crippen molar-refractivity contribution < 1.29 is 9.53 Å². The smallest absolute Gasteiger partial charge is 0.155 e. The van der Waals surface area contributed by atoms with Crippen LogP contribution in [-0.4, -0.2) is 17.9 Å². The van der Waals surface area contributed by atoms with Crippen LogP contribution < -0.4 is 5.73 Å². The van der Waals surface area contributed by atoms with E-state index in [0.29, 0.717) is 25.9 Å². The Morgan fingerprint density at radius 2 is 2.05 bits per heavy atom. The molecule has 104 valence electrons. The highest BCUT2D eigenvalue weighted by atomic mass is 16.5. The van der Waals surface area contributed by atoms with Crippen LogP contribution in [0.25, 0.3) is 0 Å². The Labute approximate surface area is 115 Å². The maximum absolute atomic E-state index is 12.4. The third kappa shape index (κ3) is 2.88. The Morgan fingerprint density at radius 3 is 2.74 bits per heavy atom. The van der Waals surface area contributed by atoms with Gasteiger partial charge in [0, 0.05) is 6.42 Å². The number of hydrogen-bond donors (Lipinski definition) is 1. The van der Waals surface area contributed by atoms with Gasteiger partial charge in [-0.05, 0) is 30.4 Å². The summed E-state index contributed by atoms with van der Waals surface area (Å²) in [5.74, 6) is 0.110. The molecule has 0 amide bonds. The molecule has 3 nitrogen and oxygen atoms in total. The van der Waals surface area contributed by atoms with E-state index in [1.165, 1.54) is 5.56 Å². The van der Waals surface area contributed by atoms with Gasteiger partial charge in [0.05, 0.1) is 18.2 Å². The number of carbonyl (C=O) groups is 1. The summed E-state index contributed by atoms with van der Waals surface area (Å²) in [4.78, 5) is 12.4. The summed E-state index contributed by atoms with van der Waals surface area (Å²) < 4.78 is 5.78. The molecule has 1 unspecified atom stereocenters. The third-order valence-corrected chi connectivity index (χ3v) is 4.28. The topological polar surface area (TPSA) is 52.3 Å². The first-order chi connectivity index (χ1) is 9.10. The van der Waals surface area contributed by atoms with Crippen molar-refractivity contribution in [1.82, 2.24) is 0 Å². The number of carbonyl (C=O) groups excluding carboxylic acids is 1. The van der Waals surface area contributed by atoms with Gasteiger partial charge in [-0.1, -0.05) is 38.1 Å². The predicted octanol–water partition coefficient (Wildman–Crippen LogP) is 2.78. The first kappa shape index (κ1) is 14.2. The standard InChI is InChI=1S/C16H23NO2/c1-3-16(17,4-2)15(18)11-14-13-8-6-5-7-12(13)9-10-19-14/h5-8,14H,3-4,9-11,17H2,1-2H3. The number of nitrogens with two attached hydrogens (primary N) is 1. The summed E-state index contributed by atoms with van der Waals surface area (Å²) >= 11 is 0. The molecule has 19 heavy (non-hydrogen) atoms. The molecule has 0 aromatic heterocycles. The second-order valence-electron chi connectivity index (χ2n) is 5.30. The van der Waals surface area contributed by atoms with E-state index in [2.05, 4.69) is 12.1 Å². The maximum atomic E-state index is 12.4. The summed E-state index contributed by atoms with van der Waals surface area (Å²) in [5, 5.41) is 0. The number of fused-ring (bicyclic) bond motifs is 1. The van der Waals surface area contributed by atoms with Crippen molar-refractivity contribution in [2.45, 2.75) is 51.2 Å². The van der Waals surface area contributed by atoms with Crippen LogP contribution in [0.4, 0.5) is 0 Å². The van der Waals surface area contributed by atoms with Crippen molar-refractivity contribution in [2.75, 3.05) is 6.61 Å². The molecule has 0 fully saturated rings. The molecule has 1 atom stereocenters. The lowest BCUT2D eigenvalue weighted by molar-refractivity contribution is -0.127. The molecule has 0 aliphatic carbocycles. The molecule has 0 saturated carbocycles. The monoisotopic (exact) mass is 261 g/mol. The number of Topliss-reactive ketones (excluding diaryl/α,β-unsaturated/α-hetero) is 1. The van der Waals surface area contributed by atoms with Crippen LogP contribution in [0.5, 0.6) is 0 Å². The highest BCUT2D eigenvalue weighted by molar-refractivity contribution is 5.88. The predicted molar refractivity (Wildman–Crippen MR) is 76.0 cm³/mol. The lowest BCUT2D eigenvalue weighted by atomic mass is 9.84. The highest BCUT2D eigenvalue weighted by Gasteiger charge is 2.33. The fraction of sp³-hybridized carbons (Fsp3) is 0.562. The van der Waals surface area contributed by atoms with Crippen LogP contribution in [0.3, 0.4) is 0 Å². The molecule has 1 aromatic rings. The fourth-order valence-corrected chi connectivity index (χ4v) is 2.66. The van der Waals surface area contributed by atoms with Gasteiger partial charge < -0.3 is 10.5 Å². The van der Waals surface area contributed by atoms with E-state index in [1.54, 1.807) is 0 Å². The van der Waals surface area contributed by atoms with E-state index < -0.39 is 5.54 Å². The first-order valence-electron chi connectivity index (χ1n) is 7.12. The number of rotatable bonds is 5. The molecule has 2 N–H and O–H groups in total. The minimum atomic E-state index is -0.699. The van der Waals surface area contributed by atoms with Gasteiger partial charge in [-0.25, -0.2) is 0 Å². The Hall–Kier alpha value is -1.19. The van der Waals surface area contributed by atoms with Crippen LogP contribution in [0.15, 0.2) is 24.3 Å². The van der Waals surface area contributed by atoms with Crippen LogP contribution in [0.2, 0.25) is 0 Å². The molecule has 0 spiro atoms. The average molecular weight is 261 g/mol. The van der Waals surface area contributed by atoms with Crippen LogP contribution in [-0.2, 0) is 16.0 Å². The van der Waals surface area contributed by atoms with E-state index >= 15 is 0 Å². The van der Waals surface area contributed by atoms with Gasteiger partial charge in [0.15, 0.2) is 5.78 Å². The molecular weight excluding hydrogens is 238 g/mol. The number of hydrogen-bond acceptors (Lipinski definition) is 3. The zero-order valence-electron chi connectivity index (χ0n) is 11.8. The number of ketones is 1. The molecule has 0 radical (unpaired) electrons. The SMILES string of the molecule is CCC(N)(CC)C(=O)CC1OCCc2ccccc21. The van der Waals surface area contributed by atoms with Crippen LogP contribution in [0, 0.1) is 0 Å². The molecule has 0 bridgehead atoms. The number of ether oxygens (including phenoxy) is 1. The first-order valence-corrected chi connectivity index (χ1v) is 7.12. The normalized spacial score (nSPS) is 19.0. The van der Waals surface area contributed by atoms with Gasteiger partial charge in [-0.3, -0.25) is 4.79 Å². The molecular formula is C16H23NO2. The van der Waals surface area contributed by atoms with Crippen molar-refractivity contribution in [3.63, 3.8) is 0 Å². The average Bonchev–Trinajstić information content (AvgIpc) is 2.46. The van der Waals surface area contributed by atoms with E-state index in [-0.39, 0.29) is 11.9 Å². The summed E-state index contributed by atoms with van der Waals surface area (Å²) in [6, 6.07) is 8.21. The Balaban J connectivity index is 2.15. The quantitative estimate of drug-likeness (QED) is 0.886. The lowest BCUT2D eigenvalue weighted by Gasteiger charge is -2.30. The van der Waals surface area contributed by atoms with Gasteiger partial charge in [-0.15, -0.1) is 0 Å². The van der Waals surface area contributed by atoms with E-state index in [1.807, 2.05) is 26.0 Å². The van der Waals surface area contributed by atoms with Gasteiger partial charge in [-0.2, -0.15) is 0 Å². The minimum absolute atomic E-state index is 0.110. The van der Waals surface area contributed by atoms with Gasteiger partial charge in [0.2, 0.25) is 0 Å². The molecule has 2 rings (SSSR count). The largest absolute Gasteiger partial charge is 0.373 e.